The quantitative estimate of drug-likeness (QED) is 0.256. The Morgan fingerprint density at radius 2 is 1.89 bits per heavy atom. The summed E-state index contributed by atoms with van der Waals surface area (Å²) in [5.74, 6) is -0.827. The molecule has 5 aromatic rings. The zero-order chi connectivity index (χ0) is 26.1. The van der Waals surface area contributed by atoms with E-state index >= 15 is 0 Å². The SMILES string of the molecule is CCOC(=O)c1cc2c(=O)n3cccc(C)c3nc2n(Cc2ccco2)c1=NC(=O)c1ccc(Cl)cc1. The molecule has 0 bridgehead atoms. The highest BCUT2D eigenvalue weighted by Crippen LogP contribution is 2.16. The number of hydrogen-bond donors (Lipinski definition) is 0. The molecule has 0 unspecified atom stereocenters. The maximum absolute atomic E-state index is 13.5. The van der Waals surface area contributed by atoms with Crippen molar-refractivity contribution in [2.45, 2.75) is 20.4 Å². The molecule has 1 aromatic carbocycles. The average molecular weight is 517 g/mol. The van der Waals surface area contributed by atoms with Crippen LogP contribution < -0.4 is 11.0 Å². The summed E-state index contributed by atoms with van der Waals surface area (Å²) in [6.45, 7) is 3.65. The highest BCUT2D eigenvalue weighted by Gasteiger charge is 2.21. The van der Waals surface area contributed by atoms with Crippen molar-refractivity contribution in [3.8, 4) is 0 Å². The summed E-state index contributed by atoms with van der Waals surface area (Å²) in [5.41, 5.74) is 1.29. The number of aromatic nitrogens is 3. The molecular weight excluding hydrogens is 496 g/mol. The lowest BCUT2D eigenvalue weighted by Gasteiger charge is -2.15. The van der Waals surface area contributed by atoms with Crippen LogP contribution in [0.3, 0.4) is 0 Å². The normalized spacial score (nSPS) is 11.8. The molecule has 0 aliphatic carbocycles. The van der Waals surface area contributed by atoms with Gasteiger partial charge in [-0.3, -0.25) is 14.0 Å². The Hall–Kier alpha value is -4.50. The van der Waals surface area contributed by atoms with Crippen LogP contribution in [0.25, 0.3) is 16.7 Å². The summed E-state index contributed by atoms with van der Waals surface area (Å²) < 4.78 is 13.8. The summed E-state index contributed by atoms with van der Waals surface area (Å²) >= 11 is 5.97. The molecule has 0 aliphatic rings. The molecular formula is C27H21ClN4O5. The van der Waals surface area contributed by atoms with E-state index in [1.54, 1.807) is 43.5 Å². The molecule has 4 heterocycles. The van der Waals surface area contributed by atoms with Crippen molar-refractivity contribution < 1.29 is 18.7 Å². The van der Waals surface area contributed by atoms with Gasteiger partial charge in [-0.05, 0) is 67.9 Å². The van der Waals surface area contributed by atoms with Crippen molar-refractivity contribution in [2.75, 3.05) is 6.61 Å². The lowest BCUT2D eigenvalue weighted by Crippen LogP contribution is -2.33. The van der Waals surface area contributed by atoms with Crippen LogP contribution in [0.4, 0.5) is 0 Å². The number of aryl methyl sites for hydroxylation is 1. The molecule has 10 heteroatoms. The first-order valence-electron chi connectivity index (χ1n) is 11.5. The Kier molecular flexibility index (Phi) is 6.45. The lowest BCUT2D eigenvalue weighted by molar-refractivity contribution is 0.0523. The molecule has 4 aromatic heterocycles. The van der Waals surface area contributed by atoms with E-state index in [1.165, 1.54) is 33.4 Å². The van der Waals surface area contributed by atoms with Crippen LogP contribution in [-0.2, 0) is 11.3 Å². The number of carbonyl (C=O) groups is 2. The highest BCUT2D eigenvalue weighted by atomic mass is 35.5. The first-order valence-corrected chi connectivity index (χ1v) is 11.8. The van der Waals surface area contributed by atoms with Gasteiger partial charge in [-0.15, -0.1) is 0 Å². The van der Waals surface area contributed by atoms with Gasteiger partial charge in [0, 0.05) is 16.8 Å². The number of ether oxygens (including phenoxy) is 1. The maximum Gasteiger partial charge on any atom is 0.341 e. The maximum atomic E-state index is 13.5. The first kappa shape index (κ1) is 24.2. The second kappa shape index (κ2) is 9.87. The van der Waals surface area contributed by atoms with E-state index in [0.717, 1.165) is 5.56 Å². The van der Waals surface area contributed by atoms with Gasteiger partial charge in [-0.25, -0.2) is 9.78 Å². The van der Waals surface area contributed by atoms with Gasteiger partial charge in [0.1, 0.15) is 22.6 Å². The lowest BCUT2D eigenvalue weighted by atomic mass is 10.2. The minimum atomic E-state index is -0.728. The van der Waals surface area contributed by atoms with Gasteiger partial charge in [-0.1, -0.05) is 17.7 Å². The molecule has 0 atom stereocenters. The molecule has 0 N–H and O–H groups in total. The third kappa shape index (κ3) is 4.56. The summed E-state index contributed by atoms with van der Waals surface area (Å²) in [5, 5.41) is 0.630. The number of fused-ring (bicyclic) bond motifs is 2. The number of hydrogen-bond acceptors (Lipinski definition) is 6. The standard InChI is InChI=1S/C27H21ClN4O5/c1-3-36-27(35)21-14-20-23(29-22-16(2)6-4-12-31(22)26(20)34)32(15-19-7-5-13-37-19)24(21)30-25(33)17-8-10-18(28)11-9-17/h4-14H,3,15H2,1-2H3. The molecule has 1 amide bonds. The fourth-order valence-corrected chi connectivity index (χ4v) is 4.15. The minimum absolute atomic E-state index is 0.00728. The van der Waals surface area contributed by atoms with Crippen LogP contribution in [0.5, 0.6) is 0 Å². The number of esters is 1. The number of nitrogens with zero attached hydrogens (tertiary/aromatic N) is 4. The van der Waals surface area contributed by atoms with Gasteiger partial charge in [0.2, 0.25) is 0 Å². The van der Waals surface area contributed by atoms with Crippen molar-refractivity contribution in [3.63, 3.8) is 0 Å². The monoisotopic (exact) mass is 516 g/mol. The van der Waals surface area contributed by atoms with E-state index < -0.39 is 11.9 Å². The van der Waals surface area contributed by atoms with Crippen LogP contribution in [0.1, 0.15) is 39.0 Å². The Morgan fingerprint density at radius 3 is 2.59 bits per heavy atom. The minimum Gasteiger partial charge on any atom is -0.467 e. The number of halogens is 1. The molecule has 5 rings (SSSR count). The summed E-state index contributed by atoms with van der Waals surface area (Å²) in [6.07, 6.45) is 3.12. The van der Waals surface area contributed by atoms with Crippen LogP contribution in [0.15, 0.2) is 81.3 Å². The number of rotatable bonds is 5. The topological polar surface area (TPSA) is 108 Å². The van der Waals surface area contributed by atoms with E-state index in [4.69, 9.17) is 25.7 Å². The average Bonchev–Trinajstić information content (AvgIpc) is 3.40. The highest BCUT2D eigenvalue weighted by molar-refractivity contribution is 6.30. The Balaban J connectivity index is 1.91. The molecule has 0 saturated carbocycles. The van der Waals surface area contributed by atoms with Crippen LogP contribution in [0, 0.1) is 6.92 Å². The smallest absolute Gasteiger partial charge is 0.341 e. The van der Waals surface area contributed by atoms with Crippen LogP contribution in [-0.4, -0.2) is 32.4 Å². The second-order valence-corrected chi connectivity index (χ2v) is 8.67. The number of amides is 1. The summed E-state index contributed by atoms with van der Waals surface area (Å²) in [6, 6.07) is 14.6. The predicted molar refractivity (Wildman–Crippen MR) is 137 cm³/mol. The van der Waals surface area contributed by atoms with Gasteiger partial charge < -0.3 is 13.7 Å². The number of pyridine rings is 2. The Labute approximate surface area is 215 Å². The second-order valence-electron chi connectivity index (χ2n) is 8.23. The number of furan rings is 1. The summed E-state index contributed by atoms with van der Waals surface area (Å²) in [7, 11) is 0. The van der Waals surface area contributed by atoms with Crippen LogP contribution in [0.2, 0.25) is 5.02 Å². The number of benzene rings is 1. The Bertz CT molecular complexity index is 1780. The van der Waals surface area contributed by atoms with Crippen molar-refractivity contribution in [2.24, 2.45) is 4.99 Å². The zero-order valence-corrected chi connectivity index (χ0v) is 20.7. The van der Waals surface area contributed by atoms with Crippen molar-refractivity contribution in [1.82, 2.24) is 14.0 Å². The van der Waals surface area contributed by atoms with Crippen LogP contribution >= 0.6 is 11.6 Å². The fraction of sp³-hybridized carbons (Fsp3) is 0.148. The van der Waals surface area contributed by atoms with E-state index in [1.807, 2.05) is 13.0 Å². The van der Waals surface area contributed by atoms with E-state index in [9.17, 15) is 14.4 Å². The fourth-order valence-electron chi connectivity index (χ4n) is 4.03. The van der Waals surface area contributed by atoms with Crippen molar-refractivity contribution >= 4 is 40.2 Å². The molecule has 0 radical (unpaired) electrons. The molecule has 37 heavy (non-hydrogen) atoms. The molecule has 9 nitrogen and oxygen atoms in total. The van der Waals surface area contributed by atoms with Gasteiger partial charge in [0.25, 0.3) is 11.5 Å². The van der Waals surface area contributed by atoms with Gasteiger partial charge in [0.05, 0.1) is 24.8 Å². The molecule has 186 valence electrons. The predicted octanol–water partition coefficient (Wildman–Crippen LogP) is 4.17. The van der Waals surface area contributed by atoms with Gasteiger partial charge >= 0.3 is 5.97 Å². The largest absolute Gasteiger partial charge is 0.467 e. The van der Waals surface area contributed by atoms with Gasteiger partial charge in [-0.2, -0.15) is 4.99 Å². The van der Waals surface area contributed by atoms with Crippen molar-refractivity contribution in [1.29, 1.82) is 0 Å². The Morgan fingerprint density at radius 1 is 1.11 bits per heavy atom. The molecule has 0 fully saturated rings. The number of carbonyl (C=O) groups excluding carboxylic acids is 2. The molecule has 0 saturated heterocycles. The summed E-state index contributed by atoms with van der Waals surface area (Å²) in [4.78, 5) is 48.9. The van der Waals surface area contributed by atoms with Crippen molar-refractivity contribution in [3.05, 3.63) is 110 Å². The van der Waals surface area contributed by atoms with E-state index in [0.29, 0.717) is 16.4 Å². The third-order valence-corrected chi connectivity index (χ3v) is 6.05. The zero-order valence-electron chi connectivity index (χ0n) is 20.0. The van der Waals surface area contributed by atoms with Gasteiger partial charge in [0.15, 0.2) is 5.49 Å². The molecule has 0 spiro atoms. The van der Waals surface area contributed by atoms with E-state index in [-0.39, 0.29) is 46.4 Å². The first-order chi connectivity index (χ1) is 17.9. The molecule has 0 aliphatic heterocycles. The third-order valence-electron chi connectivity index (χ3n) is 5.79. The van der Waals surface area contributed by atoms with E-state index in [2.05, 4.69) is 4.99 Å².